The van der Waals surface area contributed by atoms with Crippen LogP contribution >= 0.6 is 23.8 Å². The van der Waals surface area contributed by atoms with Crippen molar-refractivity contribution in [3.05, 3.63) is 29.3 Å². The lowest BCUT2D eigenvalue weighted by Crippen LogP contribution is -2.45. The summed E-state index contributed by atoms with van der Waals surface area (Å²) >= 11 is 11.1. The van der Waals surface area contributed by atoms with Gasteiger partial charge in [-0.05, 0) is 67.6 Å². The van der Waals surface area contributed by atoms with Crippen molar-refractivity contribution in [3.63, 3.8) is 0 Å². The molecule has 2 N–H and O–H groups in total. The maximum Gasteiger partial charge on any atom is 0.180 e. The SMILES string of the molecule is O=S(=O)(CCNC(=S)N[C@@H]1C[C@H]2CC[C@H]1C2)c1ccc(Cl)cc1. The van der Waals surface area contributed by atoms with E-state index in [2.05, 4.69) is 10.6 Å². The van der Waals surface area contributed by atoms with E-state index in [1.807, 2.05) is 0 Å². The van der Waals surface area contributed by atoms with Crippen molar-refractivity contribution in [3.8, 4) is 0 Å². The highest BCUT2D eigenvalue weighted by Crippen LogP contribution is 2.44. The molecule has 0 aromatic heterocycles. The minimum Gasteiger partial charge on any atom is -0.362 e. The molecule has 1 aromatic rings. The zero-order valence-corrected chi connectivity index (χ0v) is 15.2. The molecule has 23 heavy (non-hydrogen) atoms. The average Bonchev–Trinajstić information content (AvgIpc) is 3.10. The van der Waals surface area contributed by atoms with Crippen molar-refractivity contribution in [2.24, 2.45) is 11.8 Å². The van der Waals surface area contributed by atoms with Crippen LogP contribution in [-0.2, 0) is 9.84 Å². The Hall–Kier alpha value is -0.850. The van der Waals surface area contributed by atoms with E-state index in [1.54, 1.807) is 12.1 Å². The van der Waals surface area contributed by atoms with Crippen LogP contribution in [0, 0.1) is 11.8 Å². The number of thiocarbonyl (C=S) groups is 1. The van der Waals surface area contributed by atoms with Gasteiger partial charge in [-0.2, -0.15) is 0 Å². The third-order valence-electron chi connectivity index (χ3n) is 4.88. The molecular weight excluding hydrogens is 352 g/mol. The fourth-order valence-corrected chi connectivity index (χ4v) is 5.24. The summed E-state index contributed by atoms with van der Waals surface area (Å²) in [6, 6.07) is 6.70. The summed E-state index contributed by atoms with van der Waals surface area (Å²) < 4.78 is 24.5. The van der Waals surface area contributed by atoms with Gasteiger partial charge in [-0.25, -0.2) is 8.42 Å². The number of sulfone groups is 1. The molecule has 7 heteroatoms. The first-order valence-electron chi connectivity index (χ1n) is 7.97. The summed E-state index contributed by atoms with van der Waals surface area (Å²) in [7, 11) is -3.32. The second-order valence-electron chi connectivity index (χ2n) is 6.45. The molecular formula is C16H21ClN2O2S2. The summed E-state index contributed by atoms with van der Waals surface area (Å²) in [6.07, 6.45) is 5.14. The number of fused-ring (bicyclic) bond motifs is 2. The Kier molecular flexibility index (Phi) is 5.13. The van der Waals surface area contributed by atoms with Crippen LogP contribution in [0.5, 0.6) is 0 Å². The molecule has 1 aromatic carbocycles. The van der Waals surface area contributed by atoms with Crippen LogP contribution in [0.15, 0.2) is 29.2 Å². The Morgan fingerprint density at radius 2 is 1.96 bits per heavy atom. The molecule has 0 aliphatic heterocycles. The van der Waals surface area contributed by atoms with Crippen molar-refractivity contribution >= 4 is 38.8 Å². The summed E-state index contributed by atoms with van der Waals surface area (Å²) in [6.45, 7) is 0.303. The predicted octanol–water partition coefficient (Wildman–Crippen LogP) is 2.77. The second-order valence-corrected chi connectivity index (χ2v) is 9.41. The van der Waals surface area contributed by atoms with E-state index in [0.717, 1.165) is 11.8 Å². The maximum absolute atomic E-state index is 12.2. The molecule has 0 spiro atoms. The van der Waals surface area contributed by atoms with Crippen LogP contribution in [0.3, 0.4) is 0 Å². The minimum absolute atomic E-state index is 0.00712. The topological polar surface area (TPSA) is 58.2 Å². The maximum atomic E-state index is 12.2. The Balaban J connectivity index is 1.45. The highest BCUT2D eigenvalue weighted by molar-refractivity contribution is 7.91. The number of nitrogens with one attached hydrogen (secondary N) is 2. The first-order chi connectivity index (χ1) is 10.9. The molecule has 2 aliphatic rings. The molecule has 0 radical (unpaired) electrons. The number of benzene rings is 1. The molecule has 2 aliphatic carbocycles. The molecule has 0 amide bonds. The number of halogens is 1. The fraction of sp³-hybridized carbons (Fsp3) is 0.562. The minimum atomic E-state index is -3.32. The summed E-state index contributed by atoms with van der Waals surface area (Å²) in [5.74, 6) is 1.59. The van der Waals surface area contributed by atoms with Gasteiger partial charge in [0.25, 0.3) is 0 Å². The second kappa shape index (κ2) is 6.95. The molecule has 2 bridgehead atoms. The van der Waals surface area contributed by atoms with Gasteiger partial charge >= 0.3 is 0 Å². The third-order valence-corrected chi connectivity index (χ3v) is 7.13. The van der Waals surface area contributed by atoms with Crippen LogP contribution in [0.1, 0.15) is 25.7 Å². The Morgan fingerprint density at radius 3 is 2.57 bits per heavy atom. The van der Waals surface area contributed by atoms with Crippen molar-refractivity contribution in [2.45, 2.75) is 36.6 Å². The molecule has 4 nitrogen and oxygen atoms in total. The van der Waals surface area contributed by atoms with Crippen molar-refractivity contribution in [2.75, 3.05) is 12.3 Å². The third kappa shape index (κ3) is 4.17. The van der Waals surface area contributed by atoms with E-state index >= 15 is 0 Å². The Bertz CT molecular complexity index is 676. The van der Waals surface area contributed by atoms with E-state index < -0.39 is 9.84 Å². The lowest BCUT2D eigenvalue weighted by molar-refractivity contribution is 0.389. The van der Waals surface area contributed by atoms with Gasteiger partial charge in [0.05, 0.1) is 10.6 Å². The normalized spacial score (nSPS) is 26.2. The van der Waals surface area contributed by atoms with Crippen LogP contribution in [0.2, 0.25) is 5.02 Å². The highest BCUT2D eigenvalue weighted by Gasteiger charge is 2.39. The van der Waals surface area contributed by atoms with Crippen LogP contribution in [-0.4, -0.2) is 31.9 Å². The number of hydrogen-bond acceptors (Lipinski definition) is 3. The highest BCUT2D eigenvalue weighted by atomic mass is 35.5. The van der Waals surface area contributed by atoms with E-state index in [1.165, 1.54) is 37.8 Å². The molecule has 2 fully saturated rings. The van der Waals surface area contributed by atoms with Crippen LogP contribution < -0.4 is 10.6 Å². The lowest BCUT2D eigenvalue weighted by Gasteiger charge is -2.24. The van der Waals surface area contributed by atoms with Crippen molar-refractivity contribution < 1.29 is 8.42 Å². The first kappa shape index (κ1) is 17.0. The van der Waals surface area contributed by atoms with Gasteiger partial charge in [-0.15, -0.1) is 0 Å². The summed E-state index contributed by atoms with van der Waals surface area (Å²) in [4.78, 5) is 0.288. The summed E-state index contributed by atoms with van der Waals surface area (Å²) in [5, 5.41) is 7.46. The van der Waals surface area contributed by atoms with Crippen LogP contribution in [0.25, 0.3) is 0 Å². The standard InChI is InChI=1S/C16H21ClN2O2S2/c17-13-3-5-14(6-4-13)23(20,21)8-7-18-16(22)19-15-10-11-1-2-12(15)9-11/h3-6,11-12,15H,1-2,7-10H2,(H2,18,19,22)/t11-,12-,15+/m0/s1. The van der Waals surface area contributed by atoms with Gasteiger partial charge in [-0.3, -0.25) is 0 Å². The average molecular weight is 373 g/mol. The number of hydrogen-bond donors (Lipinski definition) is 2. The van der Waals surface area contributed by atoms with Crippen molar-refractivity contribution in [1.29, 1.82) is 0 Å². The van der Waals surface area contributed by atoms with Gasteiger partial charge in [0.15, 0.2) is 14.9 Å². The molecule has 3 rings (SSSR count). The monoisotopic (exact) mass is 372 g/mol. The molecule has 2 saturated carbocycles. The first-order valence-corrected chi connectivity index (χ1v) is 10.4. The molecule has 126 valence electrons. The molecule has 3 atom stereocenters. The zero-order chi connectivity index (χ0) is 16.4. The quantitative estimate of drug-likeness (QED) is 0.778. The van der Waals surface area contributed by atoms with Gasteiger partial charge in [-0.1, -0.05) is 18.0 Å². The van der Waals surface area contributed by atoms with E-state index in [4.69, 9.17) is 23.8 Å². The number of rotatable bonds is 5. The molecule has 0 unspecified atom stereocenters. The predicted molar refractivity (Wildman–Crippen MR) is 96.5 cm³/mol. The van der Waals surface area contributed by atoms with Crippen LogP contribution in [0.4, 0.5) is 0 Å². The summed E-state index contributed by atoms with van der Waals surface area (Å²) in [5.41, 5.74) is 0. The van der Waals surface area contributed by atoms with E-state index in [0.29, 0.717) is 22.7 Å². The lowest BCUT2D eigenvalue weighted by atomic mass is 9.96. The van der Waals surface area contributed by atoms with Gasteiger partial charge in [0.2, 0.25) is 0 Å². The Labute approximate surface area is 147 Å². The molecule has 0 heterocycles. The van der Waals surface area contributed by atoms with E-state index in [9.17, 15) is 8.42 Å². The van der Waals surface area contributed by atoms with E-state index in [-0.39, 0.29) is 10.6 Å². The van der Waals surface area contributed by atoms with Crippen molar-refractivity contribution in [1.82, 2.24) is 10.6 Å². The molecule has 0 saturated heterocycles. The largest absolute Gasteiger partial charge is 0.362 e. The zero-order valence-electron chi connectivity index (χ0n) is 12.8. The fourth-order valence-electron chi connectivity index (χ4n) is 3.70. The van der Waals surface area contributed by atoms with Gasteiger partial charge in [0.1, 0.15) is 0 Å². The Morgan fingerprint density at radius 1 is 1.22 bits per heavy atom. The van der Waals surface area contributed by atoms with Gasteiger partial charge in [0, 0.05) is 17.6 Å². The smallest absolute Gasteiger partial charge is 0.180 e. The van der Waals surface area contributed by atoms with Gasteiger partial charge < -0.3 is 10.6 Å².